The Bertz CT molecular complexity index is 890. The third-order valence-corrected chi connectivity index (χ3v) is 8.13. The quantitative estimate of drug-likeness (QED) is 0.792. The topological polar surface area (TPSA) is 23.5 Å². The second-order valence-corrected chi connectivity index (χ2v) is 9.52. The lowest BCUT2D eigenvalue weighted by Crippen LogP contribution is -2.35. The van der Waals surface area contributed by atoms with Crippen LogP contribution in [0.25, 0.3) is 0 Å². The summed E-state index contributed by atoms with van der Waals surface area (Å²) in [4.78, 5) is 2.79. The highest BCUT2D eigenvalue weighted by Gasteiger charge is 2.58. The summed E-state index contributed by atoms with van der Waals surface area (Å²) in [6.45, 7) is 3.86. The standard InChI is InChI=1S/C25H29NO.ClH/c27-15-18-9-10-21-22-12-25(23(21)11-18)16-26(13-17-5-1-2-6-17)14-24(25)20-8-4-3-7-19(20)22;/h3-4,7-11,17,22,24,27H,1-2,5-6,12-16H2;1H. The summed E-state index contributed by atoms with van der Waals surface area (Å²) in [5.74, 6) is 2.07. The minimum Gasteiger partial charge on any atom is -0.392 e. The van der Waals surface area contributed by atoms with E-state index < -0.39 is 0 Å². The average molecular weight is 396 g/mol. The molecule has 0 radical (unpaired) electrons. The van der Waals surface area contributed by atoms with E-state index in [2.05, 4.69) is 47.4 Å². The molecule has 2 aromatic rings. The number of hydrogen-bond donors (Lipinski definition) is 1. The van der Waals surface area contributed by atoms with Crippen molar-refractivity contribution in [2.45, 2.75) is 56.0 Å². The maximum absolute atomic E-state index is 9.75. The SMILES string of the molecule is Cl.OCc1ccc2c(c1)C13CC2c2ccccc2C1CN(CC1CCCC1)C3. The molecule has 148 valence electrons. The van der Waals surface area contributed by atoms with Crippen molar-refractivity contribution in [2.24, 2.45) is 5.92 Å². The molecule has 1 saturated carbocycles. The second-order valence-electron chi connectivity index (χ2n) is 9.52. The molecule has 2 bridgehead atoms. The monoisotopic (exact) mass is 395 g/mol. The first-order valence-electron chi connectivity index (χ1n) is 10.8. The van der Waals surface area contributed by atoms with Crippen molar-refractivity contribution in [3.8, 4) is 0 Å². The highest BCUT2D eigenvalue weighted by molar-refractivity contribution is 5.85. The number of fused-ring (bicyclic) bond motifs is 3. The van der Waals surface area contributed by atoms with Crippen LogP contribution in [-0.4, -0.2) is 29.6 Å². The first-order chi connectivity index (χ1) is 13.3. The minimum atomic E-state index is 0. The minimum absolute atomic E-state index is 0. The molecule has 2 aromatic carbocycles. The van der Waals surface area contributed by atoms with Crippen molar-refractivity contribution in [1.29, 1.82) is 0 Å². The number of halogens is 1. The summed E-state index contributed by atoms with van der Waals surface area (Å²) >= 11 is 0. The first kappa shape index (κ1) is 18.7. The van der Waals surface area contributed by atoms with Crippen molar-refractivity contribution >= 4 is 12.4 Å². The Balaban J connectivity index is 0.00000171. The number of rotatable bonds is 3. The van der Waals surface area contributed by atoms with Crippen LogP contribution >= 0.6 is 12.4 Å². The van der Waals surface area contributed by atoms with E-state index in [1.807, 2.05) is 0 Å². The van der Waals surface area contributed by atoms with E-state index in [0.29, 0.717) is 11.8 Å². The highest BCUT2D eigenvalue weighted by atomic mass is 35.5. The van der Waals surface area contributed by atoms with Gasteiger partial charge >= 0.3 is 0 Å². The van der Waals surface area contributed by atoms with Crippen LogP contribution < -0.4 is 0 Å². The number of likely N-dealkylation sites (tertiary alicyclic amines) is 1. The van der Waals surface area contributed by atoms with Crippen molar-refractivity contribution in [3.63, 3.8) is 0 Å². The maximum atomic E-state index is 9.75. The van der Waals surface area contributed by atoms with Gasteiger partial charge in [0.2, 0.25) is 0 Å². The molecule has 1 saturated heterocycles. The van der Waals surface area contributed by atoms with Crippen LogP contribution in [0.4, 0.5) is 0 Å². The smallest absolute Gasteiger partial charge is 0.0681 e. The Morgan fingerprint density at radius 2 is 1.79 bits per heavy atom. The third-order valence-electron chi connectivity index (χ3n) is 8.13. The molecule has 1 spiro atoms. The van der Waals surface area contributed by atoms with E-state index in [4.69, 9.17) is 0 Å². The fourth-order valence-corrected chi connectivity index (χ4v) is 7.02. The predicted octanol–water partition coefficient (Wildman–Crippen LogP) is 4.98. The molecule has 2 nitrogen and oxygen atoms in total. The molecular formula is C25H30ClNO. The second kappa shape index (κ2) is 6.86. The molecule has 0 aromatic heterocycles. The van der Waals surface area contributed by atoms with Gasteiger partial charge in [-0.15, -0.1) is 12.4 Å². The van der Waals surface area contributed by atoms with Crippen LogP contribution in [-0.2, 0) is 12.0 Å². The van der Waals surface area contributed by atoms with Gasteiger partial charge in [0.05, 0.1) is 6.61 Å². The molecule has 3 heteroatoms. The van der Waals surface area contributed by atoms with Gasteiger partial charge in [-0.05, 0) is 53.0 Å². The van der Waals surface area contributed by atoms with Crippen LogP contribution in [0.1, 0.15) is 71.8 Å². The highest BCUT2D eigenvalue weighted by Crippen LogP contribution is 2.63. The van der Waals surface area contributed by atoms with Gasteiger partial charge in [0.15, 0.2) is 0 Å². The molecule has 3 aliphatic carbocycles. The Morgan fingerprint density at radius 3 is 2.57 bits per heavy atom. The molecule has 28 heavy (non-hydrogen) atoms. The summed E-state index contributed by atoms with van der Waals surface area (Å²) in [7, 11) is 0. The van der Waals surface area contributed by atoms with Gasteiger partial charge in [-0.1, -0.05) is 55.3 Å². The first-order valence-corrected chi connectivity index (χ1v) is 10.8. The van der Waals surface area contributed by atoms with Crippen LogP contribution in [0, 0.1) is 5.92 Å². The molecule has 3 atom stereocenters. The predicted molar refractivity (Wildman–Crippen MR) is 115 cm³/mol. The normalized spacial score (nSPS) is 30.6. The van der Waals surface area contributed by atoms with Gasteiger partial charge < -0.3 is 10.0 Å². The lowest BCUT2D eigenvalue weighted by atomic mass is 9.65. The van der Waals surface area contributed by atoms with Crippen LogP contribution in [0.2, 0.25) is 0 Å². The summed E-state index contributed by atoms with van der Waals surface area (Å²) < 4.78 is 0. The van der Waals surface area contributed by atoms with Gasteiger partial charge in [0, 0.05) is 36.9 Å². The summed E-state index contributed by atoms with van der Waals surface area (Å²) in [5, 5.41) is 9.75. The van der Waals surface area contributed by atoms with Gasteiger partial charge in [0.1, 0.15) is 0 Å². The van der Waals surface area contributed by atoms with Crippen LogP contribution in [0.5, 0.6) is 0 Å². The fourth-order valence-electron chi connectivity index (χ4n) is 7.02. The van der Waals surface area contributed by atoms with E-state index in [0.717, 1.165) is 11.5 Å². The summed E-state index contributed by atoms with van der Waals surface area (Å²) in [6, 6.07) is 16.0. The Labute approximate surface area is 174 Å². The molecule has 1 aliphatic heterocycles. The number of nitrogens with zero attached hydrogens (tertiary/aromatic N) is 1. The largest absolute Gasteiger partial charge is 0.392 e. The molecule has 1 heterocycles. The van der Waals surface area contributed by atoms with Crippen molar-refractivity contribution in [3.05, 3.63) is 70.3 Å². The maximum Gasteiger partial charge on any atom is 0.0681 e. The van der Waals surface area contributed by atoms with E-state index in [9.17, 15) is 5.11 Å². The van der Waals surface area contributed by atoms with Gasteiger partial charge in [-0.3, -0.25) is 0 Å². The zero-order valence-corrected chi connectivity index (χ0v) is 17.3. The molecule has 4 aliphatic rings. The Kier molecular flexibility index (Phi) is 4.58. The average Bonchev–Trinajstić information content (AvgIpc) is 3.41. The molecule has 6 rings (SSSR count). The number of aliphatic hydroxyl groups excluding tert-OH is 1. The molecule has 2 fully saturated rings. The van der Waals surface area contributed by atoms with E-state index in [1.54, 1.807) is 16.7 Å². The Hall–Kier alpha value is -1.35. The zero-order valence-electron chi connectivity index (χ0n) is 16.4. The molecule has 3 unspecified atom stereocenters. The fraction of sp³-hybridized carbons (Fsp3) is 0.520. The summed E-state index contributed by atoms with van der Waals surface area (Å²) in [6.07, 6.45) is 6.98. The van der Waals surface area contributed by atoms with E-state index in [1.165, 1.54) is 57.3 Å². The lowest BCUT2D eigenvalue weighted by Gasteiger charge is -2.37. The lowest BCUT2D eigenvalue weighted by molar-refractivity contribution is 0.260. The van der Waals surface area contributed by atoms with Crippen LogP contribution in [0.3, 0.4) is 0 Å². The molecule has 1 N–H and O–H groups in total. The number of aliphatic hydroxyl groups is 1. The zero-order chi connectivity index (χ0) is 18.0. The van der Waals surface area contributed by atoms with Gasteiger partial charge in [-0.2, -0.15) is 0 Å². The third kappa shape index (κ3) is 2.54. The molecule has 0 amide bonds. The van der Waals surface area contributed by atoms with Crippen molar-refractivity contribution in [1.82, 2.24) is 4.90 Å². The molecular weight excluding hydrogens is 366 g/mol. The van der Waals surface area contributed by atoms with Crippen LogP contribution in [0.15, 0.2) is 42.5 Å². The number of benzene rings is 2. The van der Waals surface area contributed by atoms with E-state index in [-0.39, 0.29) is 24.4 Å². The van der Waals surface area contributed by atoms with Crippen molar-refractivity contribution < 1.29 is 5.11 Å². The van der Waals surface area contributed by atoms with Gasteiger partial charge in [0.25, 0.3) is 0 Å². The van der Waals surface area contributed by atoms with E-state index >= 15 is 0 Å². The summed E-state index contributed by atoms with van der Waals surface area (Å²) in [5.41, 5.74) is 7.59. The van der Waals surface area contributed by atoms with Crippen molar-refractivity contribution in [2.75, 3.05) is 19.6 Å². The van der Waals surface area contributed by atoms with Gasteiger partial charge in [-0.25, -0.2) is 0 Å². The number of hydrogen-bond acceptors (Lipinski definition) is 2. The Morgan fingerprint density at radius 1 is 1.00 bits per heavy atom.